The Hall–Kier alpha value is -0.870. The van der Waals surface area contributed by atoms with E-state index in [4.69, 9.17) is 4.99 Å². The summed E-state index contributed by atoms with van der Waals surface area (Å²) in [5.74, 6) is 0.755. The Morgan fingerprint density at radius 1 is 1.07 bits per heavy atom. The van der Waals surface area contributed by atoms with Crippen molar-refractivity contribution >= 4 is 40.0 Å². The van der Waals surface area contributed by atoms with E-state index in [0.717, 1.165) is 18.9 Å². The molecule has 0 atom stereocenters. The Morgan fingerprint density at radius 2 is 1.70 bits per heavy atom. The van der Waals surface area contributed by atoms with E-state index in [1.165, 1.54) is 17.4 Å². The summed E-state index contributed by atoms with van der Waals surface area (Å²) in [6.07, 6.45) is 2.90. The van der Waals surface area contributed by atoms with Gasteiger partial charge in [0.2, 0.25) is 10.0 Å². The van der Waals surface area contributed by atoms with Gasteiger partial charge in [-0.15, -0.1) is 24.0 Å². The van der Waals surface area contributed by atoms with Crippen molar-refractivity contribution in [2.24, 2.45) is 4.99 Å². The van der Waals surface area contributed by atoms with Crippen LogP contribution in [-0.2, 0) is 21.9 Å². The van der Waals surface area contributed by atoms with Crippen LogP contribution in [0.3, 0.4) is 0 Å². The predicted molar refractivity (Wildman–Crippen MR) is 126 cm³/mol. The van der Waals surface area contributed by atoms with Gasteiger partial charge in [0.1, 0.15) is 0 Å². The fourth-order valence-corrected chi connectivity index (χ4v) is 2.97. The number of hydrogen-bond acceptors (Lipinski definition) is 3. The highest BCUT2D eigenvalue weighted by molar-refractivity contribution is 14.0. The number of hydrogen-bond donors (Lipinski definition) is 3. The molecule has 0 aliphatic heterocycles. The minimum Gasteiger partial charge on any atom is -0.357 e. The van der Waals surface area contributed by atoms with Gasteiger partial charge >= 0.3 is 0 Å². The van der Waals surface area contributed by atoms with Gasteiger partial charge in [-0.25, -0.2) is 13.1 Å². The molecule has 0 heterocycles. The number of rotatable bonds is 10. The van der Waals surface area contributed by atoms with E-state index in [-0.39, 0.29) is 29.4 Å². The summed E-state index contributed by atoms with van der Waals surface area (Å²) in [7, 11) is -3.12. The van der Waals surface area contributed by atoms with Crippen molar-refractivity contribution in [3.8, 4) is 0 Å². The summed E-state index contributed by atoms with van der Waals surface area (Å²) < 4.78 is 24.6. The van der Waals surface area contributed by atoms with Crippen LogP contribution in [0.1, 0.15) is 45.2 Å². The minimum absolute atomic E-state index is 0. The van der Waals surface area contributed by atoms with E-state index >= 15 is 0 Å². The quantitative estimate of drug-likeness (QED) is 0.196. The number of halogens is 1. The summed E-state index contributed by atoms with van der Waals surface area (Å²) in [6.45, 7) is 11.1. The molecule has 0 fully saturated rings. The molecule has 6 nitrogen and oxygen atoms in total. The van der Waals surface area contributed by atoms with Crippen molar-refractivity contribution in [1.29, 1.82) is 0 Å². The van der Waals surface area contributed by atoms with Gasteiger partial charge in [-0.1, -0.05) is 45.0 Å². The van der Waals surface area contributed by atoms with Crippen LogP contribution < -0.4 is 15.4 Å². The normalized spacial score (nSPS) is 12.4. The van der Waals surface area contributed by atoms with E-state index in [1.807, 2.05) is 6.92 Å². The van der Waals surface area contributed by atoms with Gasteiger partial charge in [-0.05, 0) is 30.9 Å². The molecule has 0 saturated heterocycles. The fourth-order valence-electron chi connectivity index (χ4n) is 2.45. The van der Waals surface area contributed by atoms with Crippen molar-refractivity contribution < 1.29 is 8.42 Å². The third-order valence-electron chi connectivity index (χ3n) is 4.13. The van der Waals surface area contributed by atoms with E-state index in [1.54, 1.807) is 0 Å². The molecule has 0 spiro atoms. The smallest absolute Gasteiger partial charge is 0.208 e. The second kappa shape index (κ2) is 12.6. The summed E-state index contributed by atoms with van der Waals surface area (Å²) in [5.41, 5.74) is 2.55. The van der Waals surface area contributed by atoms with Gasteiger partial charge in [-0.2, -0.15) is 0 Å². The summed E-state index contributed by atoms with van der Waals surface area (Å²) in [6, 6.07) is 8.73. The van der Waals surface area contributed by atoms with Crippen LogP contribution in [0, 0.1) is 0 Å². The van der Waals surface area contributed by atoms with Crippen LogP contribution >= 0.6 is 24.0 Å². The minimum atomic E-state index is -3.12. The lowest BCUT2D eigenvalue weighted by Gasteiger charge is -2.24. The van der Waals surface area contributed by atoms with Crippen molar-refractivity contribution in [3.63, 3.8) is 0 Å². The molecule has 0 bridgehead atoms. The second-order valence-corrected chi connectivity index (χ2v) is 8.91. The molecule has 1 rings (SSSR count). The zero-order chi connectivity index (χ0) is 19.6. The third kappa shape index (κ3) is 10.9. The molecule has 1 aromatic rings. The molecule has 27 heavy (non-hydrogen) atoms. The zero-order valence-electron chi connectivity index (χ0n) is 17.1. The molecule has 1 aromatic carbocycles. The van der Waals surface area contributed by atoms with E-state index in [0.29, 0.717) is 26.1 Å². The molecule has 0 aromatic heterocycles. The van der Waals surface area contributed by atoms with Crippen LogP contribution in [-0.4, -0.2) is 46.8 Å². The van der Waals surface area contributed by atoms with Gasteiger partial charge in [0.05, 0.1) is 12.8 Å². The van der Waals surface area contributed by atoms with Crippen LogP contribution in [0.2, 0.25) is 0 Å². The number of guanidine groups is 1. The lowest BCUT2D eigenvalue weighted by Crippen LogP contribution is -2.39. The number of aryl methyl sites for hydroxylation is 1. The van der Waals surface area contributed by atoms with Gasteiger partial charge in [0.15, 0.2) is 5.96 Å². The Balaban J connectivity index is 0.00000676. The van der Waals surface area contributed by atoms with Crippen LogP contribution in [0.15, 0.2) is 29.3 Å². The van der Waals surface area contributed by atoms with Crippen LogP contribution in [0.5, 0.6) is 0 Å². The van der Waals surface area contributed by atoms with Gasteiger partial charge in [0.25, 0.3) is 0 Å². The fraction of sp³-hybridized carbons (Fsp3) is 0.632. The van der Waals surface area contributed by atoms with Crippen molar-refractivity contribution in [3.05, 3.63) is 35.4 Å². The summed E-state index contributed by atoms with van der Waals surface area (Å²) in [5, 5.41) is 6.49. The van der Waals surface area contributed by atoms with E-state index in [9.17, 15) is 8.42 Å². The molecular weight excluding hydrogens is 475 g/mol. The van der Waals surface area contributed by atoms with Gasteiger partial charge < -0.3 is 10.6 Å². The summed E-state index contributed by atoms with van der Waals surface area (Å²) in [4.78, 5) is 4.71. The number of aliphatic imine (C=N–C) groups is 1. The lowest BCUT2D eigenvalue weighted by molar-refractivity contribution is 0.536. The first-order chi connectivity index (χ1) is 12.2. The van der Waals surface area contributed by atoms with E-state index < -0.39 is 10.0 Å². The number of nitrogens with zero attached hydrogens (tertiary/aromatic N) is 1. The molecule has 0 saturated carbocycles. The lowest BCUT2D eigenvalue weighted by atomic mass is 9.84. The first kappa shape index (κ1) is 26.1. The average molecular weight is 510 g/mol. The Bertz CT molecular complexity index is 673. The SMILES string of the molecule is CCNC(=NCC(C)(C)c1ccc(CC)cc1)NCCCNS(C)(=O)=O.I. The molecule has 0 aliphatic carbocycles. The van der Waals surface area contributed by atoms with Crippen molar-refractivity contribution in [2.45, 2.75) is 46.0 Å². The molecule has 156 valence electrons. The van der Waals surface area contributed by atoms with Gasteiger partial charge in [0, 0.05) is 25.0 Å². The molecule has 8 heteroatoms. The van der Waals surface area contributed by atoms with Crippen molar-refractivity contribution in [1.82, 2.24) is 15.4 Å². The molecule has 3 N–H and O–H groups in total. The van der Waals surface area contributed by atoms with Crippen molar-refractivity contribution in [2.75, 3.05) is 32.4 Å². The number of benzene rings is 1. The highest BCUT2D eigenvalue weighted by Crippen LogP contribution is 2.24. The van der Waals surface area contributed by atoms with Crippen LogP contribution in [0.25, 0.3) is 0 Å². The Labute approximate surface area is 182 Å². The molecule has 0 radical (unpaired) electrons. The average Bonchev–Trinajstić information content (AvgIpc) is 2.58. The van der Waals surface area contributed by atoms with Gasteiger partial charge in [-0.3, -0.25) is 4.99 Å². The largest absolute Gasteiger partial charge is 0.357 e. The maximum absolute atomic E-state index is 11.1. The molecule has 0 aliphatic rings. The predicted octanol–water partition coefficient (Wildman–Crippen LogP) is 2.64. The third-order valence-corrected chi connectivity index (χ3v) is 4.86. The first-order valence-corrected chi connectivity index (χ1v) is 11.1. The highest BCUT2D eigenvalue weighted by Gasteiger charge is 2.20. The maximum atomic E-state index is 11.1. The number of sulfonamides is 1. The second-order valence-electron chi connectivity index (χ2n) is 7.08. The molecule has 0 unspecified atom stereocenters. The maximum Gasteiger partial charge on any atom is 0.208 e. The molecule has 0 amide bonds. The number of nitrogens with one attached hydrogen (secondary N) is 3. The van der Waals surface area contributed by atoms with Crippen LogP contribution in [0.4, 0.5) is 0 Å². The zero-order valence-corrected chi connectivity index (χ0v) is 20.3. The standard InChI is InChI=1S/C19H34N4O2S.HI/c1-6-16-9-11-17(12-10-16)19(3,4)15-22-18(20-7-2)21-13-8-14-23-26(5,24)25;/h9-12,23H,6-8,13-15H2,1-5H3,(H2,20,21,22);1H. The summed E-state index contributed by atoms with van der Waals surface area (Å²) >= 11 is 0. The monoisotopic (exact) mass is 510 g/mol. The molecular formula is C19H35IN4O2S. The first-order valence-electron chi connectivity index (χ1n) is 9.24. The van der Waals surface area contributed by atoms with E-state index in [2.05, 4.69) is 60.4 Å². The topological polar surface area (TPSA) is 82.6 Å². The Kier molecular flexibility index (Phi) is 12.2. The highest BCUT2D eigenvalue weighted by atomic mass is 127. The Morgan fingerprint density at radius 3 is 2.22 bits per heavy atom.